The van der Waals surface area contributed by atoms with Crippen molar-refractivity contribution in [3.8, 4) is 11.5 Å². The number of benzene rings is 2. The molecule has 0 amide bonds. The van der Waals surface area contributed by atoms with Gasteiger partial charge in [0.15, 0.2) is 0 Å². The highest BCUT2D eigenvalue weighted by atomic mass is 31.3. The van der Waals surface area contributed by atoms with Gasteiger partial charge in [0, 0.05) is 0 Å². The lowest BCUT2D eigenvalue weighted by Gasteiger charge is -2.34. The smallest absolute Gasteiger partial charge is 0.414 e. The molecular weight excluding hydrogens is 431 g/mol. The van der Waals surface area contributed by atoms with Crippen molar-refractivity contribution in [2.75, 3.05) is 24.6 Å². The molecular formula is C22H34N3O2P3. The third kappa shape index (κ3) is 5.13. The minimum Gasteiger partial charge on any atom is -0.414 e. The Morgan fingerprint density at radius 3 is 1.30 bits per heavy atom. The minimum atomic E-state index is -2.92. The van der Waals surface area contributed by atoms with E-state index in [1.54, 1.807) is 0 Å². The van der Waals surface area contributed by atoms with E-state index >= 15 is 0 Å². The van der Waals surface area contributed by atoms with Crippen LogP contribution in [0.3, 0.4) is 0 Å². The number of nitrogens with zero attached hydrogens (tertiary/aromatic N) is 3. The third-order valence-electron chi connectivity index (χ3n) is 5.41. The Morgan fingerprint density at radius 2 is 0.933 bits per heavy atom. The molecule has 0 saturated heterocycles. The van der Waals surface area contributed by atoms with E-state index in [9.17, 15) is 0 Å². The summed E-state index contributed by atoms with van der Waals surface area (Å²) in [7, 11) is -6.75. The van der Waals surface area contributed by atoms with Crippen LogP contribution in [-0.4, -0.2) is 24.6 Å². The molecule has 1 aliphatic rings. The maximum atomic E-state index is 6.60. The first kappa shape index (κ1) is 23.4. The fraction of sp³-hybridized carbons (Fsp3) is 0.455. The maximum Gasteiger partial charge on any atom is 0.449 e. The molecule has 8 heteroatoms. The van der Waals surface area contributed by atoms with Crippen molar-refractivity contribution in [3.05, 3.63) is 59.7 Å². The number of hydrogen-bond donors (Lipinski definition) is 0. The van der Waals surface area contributed by atoms with E-state index in [2.05, 4.69) is 65.8 Å². The highest BCUT2D eigenvalue weighted by Crippen LogP contribution is 2.78. The Balaban J connectivity index is 2.24. The van der Waals surface area contributed by atoms with Crippen molar-refractivity contribution in [1.82, 2.24) is 0 Å². The van der Waals surface area contributed by atoms with Crippen LogP contribution in [0.1, 0.15) is 38.8 Å². The number of hydrogen-bond acceptors (Lipinski definition) is 5. The number of aryl methyl sites for hydroxylation is 2. The Hall–Kier alpha value is -1.27. The van der Waals surface area contributed by atoms with Gasteiger partial charge in [0.25, 0.3) is 0 Å². The highest BCUT2D eigenvalue weighted by Gasteiger charge is 2.38. The second kappa shape index (κ2) is 9.47. The van der Waals surface area contributed by atoms with E-state index in [1.807, 2.05) is 24.3 Å². The molecule has 0 atom stereocenters. The lowest BCUT2D eigenvalue weighted by Crippen LogP contribution is -2.05. The van der Waals surface area contributed by atoms with E-state index < -0.39 is 22.1 Å². The second-order valence-electron chi connectivity index (χ2n) is 7.59. The van der Waals surface area contributed by atoms with Gasteiger partial charge in [0.05, 0.1) is 14.4 Å². The van der Waals surface area contributed by atoms with Gasteiger partial charge in [-0.3, -0.25) is 0 Å². The quantitative estimate of drug-likeness (QED) is 0.365. The Labute approximate surface area is 182 Å². The molecule has 0 N–H and O–H groups in total. The highest BCUT2D eigenvalue weighted by molar-refractivity contribution is 7.85. The largest absolute Gasteiger partial charge is 0.449 e. The van der Waals surface area contributed by atoms with Gasteiger partial charge in [0.2, 0.25) is 0 Å². The lowest BCUT2D eigenvalue weighted by atomic mass is 10.2. The summed E-state index contributed by atoms with van der Waals surface area (Å²) in [6.45, 7) is 12.9. The molecule has 0 fully saturated rings. The predicted octanol–water partition coefficient (Wildman–Crippen LogP) is 9.03. The fourth-order valence-electron chi connectivity index (χ4n) is 3.30. The molecule has 0 unspecified atom stereocenters. The molecule has 1 heterocycles. The van der Waals surface area contributed by atoms with Crippen molar-refractivity contribution >= 4 is 22.1 Å². The van der Waals surface area contributed by atoms with Crippen molar-refractivity contribution in [1.29, 1.82) is 0 Å². The van der Waals surface area contributed by atoms with E-state index in [4.69, 9.17) is 22.6 Å². The SMILES string of the molecule is CCP1(CC)=NP(CC)(CC)=NP(Oc2ccc(C)cc2)(Oc2ccc(C)cc2)=N1. The summed E-state index contributed by atoms with van der Waals surface area (Å²) in [5.41, 5.74) is 2.38. The van der Waals surface area contributed by atoms with Crippen LogP contribution in [0.4, 0.5) is 0 Å². The Kier molecular flexibility index (Phi) is 7.39. The van der Waals surface area contributed by atoms with Crippen LogP contribution < -0.4 is 9.05 Å². The van der Waals surface area contributed by atoms with Crippen LogP contribution in [-0.2, 0) is 0 Å². The van der Waals surface area contributed by atoms with Crippen molar-refractivity contribution in [2.24, 2.45) is 13.5 Å². The molecule has 0 radical (unpaired) electrons. The van der Waals surface area contributed by atoms with Crippen LogP contribution >= 0.6 is 22.1 Å². The lowest BCUT2D eigenvalue weighted by molar-refractivity contribution is 0.478. The number of rotatable bonds is 8. The third-order valence-corrected chi connectivity index (χ3v) is 17.5. The molecule has 5 nitrogen and oxygen atoms in total. The zero-order valence-electron chi connectivity index (χ0n) is 18.9. The van der Waals surface area contributed by atoms with Gasteiger partial charge in [-0.15, -0.1) is 0 Å². The predicted molar refractivity (Wildman–Crippen MR) is 134 cm³/mol. The first-order valence-electron chi connectivity index (χ1n) is 10.7. The first-order valence-corrected chi connectivity index (χ1v) is 16.4. The van der Waals surface area contributed by atoms with Crippen LogP contribution in [0.15, 0.2) is 62.1 Å². The second-order valence-corrected chi connectivity index (χ2v) is 17.1. The van der Waals surface area contributed by atoms with Gasteiger partial charge in [-0.1, -0.05) is 63.1 Å². The van der Waals surface area contributed by atoms with E-state index in [1.165, 1.54) is 11.1 Å². The van der Waals surface area contributed by atoms with E-state index in [-0.39, 0.29) is 0 Å². The van der Waals surface area contributed by atoms with Gasteiger partial charge in [-0.25, -0.2) is 4.52 Å². The Morgan fingerprint density at radius 1 is 0.567 bits per heavy atom. The van der Waals surface area contributed by atoms with E-state index in [0.717, 1.165) is 36.1 Å². The molecule has 0 bridgehead atoms. The minimum absolute atomic E-state index is 0.756. The zero-order chi connectivity index (χ0) is 21.8. The van der Waals surface area contributed by atoms with Crippen molar-refractivity contribution in [3.63, 3.8) is 0 Å². The average Bonchev–Trinajstić information content (AvgIpc) is 2.76. The molecule has 30 heavy (non-hydrogen) atoms. The molecule has 2 aromatic carbocycles. The van der Waals surface area contributed by atoms with E-state index in [0.29, 0.717) is 0 Å². The monoisotopic (exact) mass is 465 g/mol. The summed E-state index contributed by atoms with van der Waals surface area (Å²) in [6.07, 6.45) is 3.71. The van der Waals surface area contributed by atoms with Crippen LogP contribution in [0.5, 0.6) is 11.5 Å². The molecule has 0 aromatic heterocycles. The molecule has 0 spiro atoms. The van der Waals surface area contributed by atoms with Crippen LogP contribution in [0.2, 0.25) is 0 Å². The van der Waals surface area contributed by atoms with Gasteiger partial charge in [0.1, 0.15) is 11.5 Å². The van der Waals surface area contributed by atoms with Gasteiger partial charge in [-0.2, -0.15) is 9.03 Å². The molecule has 0 saturated carbocycles. The molecule has 2 aromatic rings. The summed E-state index contributed by atoms with van der Waals surface area (Å²) in [5.74, 6) is 1.51. The molecule has 164 valence electrons. The Bertz CT molecular complexity index is 965. The topological polar surface area (TPSA) is 55.5 Å². The van der Waals surface area contributed by atoms with Gasteiger partial charge >= 0.3 is 7.66 Å². The summed E-state index contributed by atoms with van der Waals surface area (Å²) < 4.78 is 29.1. The molecule has 1 aliphatic heterocycles. The fourth-order valence-corrected chi connectivity index (χ4v) is 16.9. The molecule has 0 aliphatic carbocycles. The first-order chi connectivity index (χ1) is 14.3. The normalized spacial score (nSPS) is 18.5. The van der Waals surface area contributed by atoms with Crippen LogP contribution in [0, 0.1) is 13.8 Å². The maximum absolute atomic E-state index is 6.60. The van der Waals surface area contributed by atoms with Gasteiger partial charge in [-0.05, 0) is 62.8 Å². The standard InChI is InChI=1S/C22H34N3O2P3/c1-7-28(8-2)23-29(9-3,10-4)25-30(24-28,26-21-15-11-19(5)12-16-21)27-22-17-13-20(6)14-18-22/h11-18H,7-10H2,1-6H3. The summed E-state index contributed by atoms with van der Waals surface area (Å²) >= 11 is 0. The summed E-state index contributed by atoms with van der Waals surface area (Å²) in [4.78, 5) is 0. The van der Waals surface area contributed by atoms with Gasteiger partial charge < -0.3 is 9.05 Å². The summed E-state index contributed by atoms with van der Waals surface area (Å²) in [5, 5.41) is 0. The zero-order valence-corrected chi connectivity index (χ0v) is 21.6. The molecule has 3 rings (SSSR count). The summed E-state index contributed by atoms with van der Waals surface area (Å²) in [6, 6.07) is 16.2. The van der Waals surface area contributed by atoms with Crippen molar-refractivity contribution < 1.29 is 9.05 Å². The van der Waals surface area contributed by atoms with Crippen molar-refractivity contribution in [2.45, 2.75) is 41.5 Å². The van der Waals surface area contributed by atoms with Crippen LogP contribution in [0.25, 0.3) is 0 Å². The average molecular weight is 465 g/mol.